The average molecular weight is 908 g/mol. The molecule has 0 N–H and O–H groups in total. The number of aromatic nitrogens is 2. The maximum atomic E-state index is 14.3. The van der Waals surface area contributed by atoms with Crippen LogP contribution in [0.15, 0.2) is 152 Å². The van der Waals surface area contributed by atoms with Crippen LogP contribution in [0.25, 0.3) is 88.4 Å². The fourth-order valence-electron chi connectivity index (χ4n) is 9.47. The van der Waals surface area contributed by atoms with Crippen molar-refractivity contribution in [2.24, 2.45) is 0 Å². The van der Waals surface area contributed by atoms with Gasteiger partial charge in [-0.3, -0.25) is 0 Å². The fourth-order valence-corrected chi connectivity index (χ4v) is 9.47. The van der Waals surface area contributed by atoms with Gasteiger partial charge in [-0.15, -0.1) is 0 Å². The van der Waals surface area contributed by atoms with Crippen LogP contribution >= 0.6 is 0 Å². The van der Waals surface area contributed by atoms with E-state index in [-0.39, 0.29) is 11.1 Å². The quantitative estimate of drug-likeness (QED) is 0.158. The Hall–Kier alpha value is -7.78. The molecule has 67 heavy (non-hydrogen) atoms. The number of nitrogens with zero attached hydrogens (tertiary/aromatic N) is 3. The second kappa shape index (κ2) is 15.4. The molecule has 3 nitrogen and oxygen atoms in total. The summed E-state index contributed by atoms with van der Waals surface area (Å²) in [7, 11) is 0. The molecule has 0 aliphatic carbocycles. The number of fused-ring (bicyclic) bond motifs is 6. The lowest BCUT2D eigenvalue weighted by Gasteiger charge is -2.22. The number of aryl methyl sites for hydroxylation is 3. The maximum absolute atomic E-state index is 14.3. The highest BCUT2D eigenvalue weighted by atomic mass is 19.4. The Balaban J connectivity index is 1.35. The van der Waals surface area contributed by atoms with Gasteiger partial charge in [0.25, 0.3) is 0 Å². The second-order valence-electron chi connectivity index (χ2n) is 16.9. The number of para-hydroxylation sites is 2. The summed E-state index contributed by atoms with van der Waals surface area (Å²) in [6.07, 6.45) is -13.9. The van der Waals surface area contributed by atoms with Crippen molar-refractivity contribution in [1.82, 2.24) is 9.13 Å². The molecule has 10 rings (SSSR count). The molecule has 0 amide bonds. The third kappa shape index (κ3) is 7.44. The van der Waals surface area contributed by atoms with Crippen molar-refractivity contribution in [1.29, 1.82) is 5.26 Å². The lowest BCUT2D eigenvalue weighted by Crippen LogP contribution is -2.08. The molecule has 0 saturated heterocycles. The highest BCUT2D eigenvalue weighted by Gasteiger charge is 2.34. The maximum Gasteiger partial charge on any atom is 0.416 e. The predicted molar refractivity (Wildman–Crippen MR) is 245 cm³/mol. The molecule has 0 atom stereocenters. The summed E-state index contributed by atoms with van der Waals surface area (Å²) in [6.45, 7) is 4.73. The number of rotatable bonds is 5. The van der Waals surface area contributed by atoms with Crippen molar-refractivity contribution in [2.45, 2.75) is 39.3 Å². The standard InChI is InChI=1S/C55H34F9N3/c1-30-18-36(25-39(20-30)54(59,60)61)34-12-15-44-42-8-4-6-10-46(42)66(48(44)27-34)50-23-33(29-65)24-51(52(50)41-17-14-38(22-32(41)3)53(56,57)58)67-47-11-7-5-9-43(47)45-16-13-35(28-49(45)67)37-19-31(2)21-40(26-37)55(62,63)64/h4-28H,1-3H3. The van der Waals surface area contributed by atoms with Crippen molar-refractivity contribution in [3.63, 3.8) is 0 Å². The Labute approximate surface area is 377 Å². The minimum atomic E-state index is -4.67. The first-order chi connectivity index (χ1) is 31.8. The molecule has 0 spiro atoms. The van der Waals surface area contributed by atoms with Crippen LogP contribution < -0.4 is 0 Å². The van der Waals surface area contributed by atoms with Gasteiger partial charge in [-0.2, -0.15) is 44.8 Å². The van der Waals surface area contributed by atoms with Gasteiger partial charge in [0.05, 0.1) is 61.8 Å². The van der Waals surface area contributed by atoms with Crippen LogP contribution in [0.2, 0.25) is 0 Å². The third-order valence-corrected chi connectivity index (χ3v) is 12.4. The topological polar surface area (TPSA) is 33.6 Å². The highest BCUT2D eigenvalue weighted by molar-refractivity contribution is 6.13. The molecule has 2 aromatic heterocycles. The molecule has 0 saturated carbocycles. The lowest BCUT2D eigenvalue weighted by atomic mass is 9.93. The minimum Gasteiger partial charge on any atom is -0.308 e. The van der Waals surface area contributed by atoms with E-state index in [0.717, 1.165) is 57.9 Å². The van der Waals surface area contributed by atoms with E-state index >= 15 is 0 Å². The lowest BCUT2D eigenvalue weighted by molar-refractivity contribution is -0.138. The number of nitriles is 1. The Morgan fingerprint density at radius 3 is 1.25 bits per heavy atom. The second-order valence-corrected chi connectivity index (χ2v) is 16.9. The van der Waals surface area contributed by atoms with E-state index in [0.29, 0.717) is 77.9 Å². The number of hydrogen-bond donors (Lipinski definition) is 0. The van der Waals surface area contributed by atoms with Gasteiger partial charge in [-0.25, -0.2) is 0 Å². The van der Waals surface area contributed by atoms with E-state index in [1.54, 1.807) is 69.3 Å². The molecule has 0 fully saturated rings. The van der Waals surface area contributed by atoms with Crippen molar-refractivity contribution in [2.75, 3.05) is 0 Å². The van der Waals surface area contributed by atoms with E-state index in [2.05, 4.69) is 6.07 Å². The first-order valence-electron chi connectivity index (χ1n) is 21.0. The van der Waals surface area contributed by atoms with Gasteiger partial charge < -0.3 is 9.13 Å². The zero-order valence-electron chi connectivity index (χ0n) is 35.7. The molecule has 2 heterocycles. The monoisotopic (exact) mass is 907 g/mol. The van der Waals surface area contributed by atoms with Gasteiger partial charge in [-0.1, -0.05) is 78.9 Å². The minimum absolute atomic E-state index is 0.171. The first kappa shape index (κ1) is 43.1. The van der Waals surface area contributed by atoms with Crippen LogP contribution in [0.1, 0.15) is 38.9 Å². The number of benzene rings is 8. The SMILES string of the molecule is Cc1cc(-c2ccc3c4ccccc4n(-c4cc(C#N)cc(-n5c6ccccc6c6ccc(-c7cc(C)cc(C(F)(F)F)c7)cc65)c4-c4ccc(C(F)(F)F)cc4C)c3c2)cc(C(F)(F)F)c1. The average Bonchev–Trinajstić information content (AvgIpc) is 3.79. The van der Waals surface area contributed by atoms with E-state index in [1.807, 2.05) is 69.8 Å². The molecule has 0 aliphatic rings. The molecule has 0 aliphatic heterocycles. The molecule has 332 valence electrons. The van der Waals surface area contributed by atoms with Crippen molar-refractivity contribution >= 4 is 43.6 Å². The van der Waals surface area contributed by atoms with E-state index in [1.165, 1.54) is 6.07 Å². The molecule has 0 unspecified atom stereocenters. The summed E-state index contributed by atoms with van der Waals surface area (Å²) < 4.78 is 132. The first-order valence-corrected chi connectivity index (χ1v) is 21.0. The van der Waals surface area contributed by atoms with E-state index < -0.39 is 35.2 Å². The summed E-state index contributed by atoms with van der Waals surface area (Å²) in [6, 6.07) is 42.2. The Morgan fingerprint density at radius 1 is 0.403 bits per heavy atom. The van der Waals surface area contributed by atoms with Crippen LogP contribution in [-0.4, -0.2) is 9.13 Å². The number of hydrogen-bond acceptors (Lipinski definition) is 1. The van der Waals surface area contributed by atoms with Gasteiger partial charge in [0.2, 0.25) is 0 Å². The van der Waals surface area contributed by atoms with Crippen LogP contribution in [-0.2, 0) is 18.5 Å². The molecular formula is C55H34F9N3. The van der Waals surface area contributed by atoms with Crippen molar-refractivity contribution in [3.05, 3.63) is 191 Å². The van der Waals surface area contributed by atoms with Crippen molar-refractivity contribution in [3.8, 4) is 50.8 Å². The highest BCUT2D eigenvalue weighted by Crippen LogP contribution is 2.46. The largest absolute Gasteiger partial charge is 0.416 e. The predicted octanol–water partition coefficient (Wildman–Crippen LogP) is 16.7. The molecule has 12 heteroatoms. The van der Waals surface area contributed by atoms with Gasteiger partial charge in [0.15, 0.2) is 0 Å². The summed E-state index contributed by atoms with van der Waals surface area (Å²) in [5, 5.41) is 13.8. The molecule has 0 bridgehead atoms. The van der Waals surface area contributed by atoms with Crippen LogP contribution in [0.4, 0.5) is 39.5 Å². The normalized spacial score (nSPS) is 12.5. The number of alkyl halides is 9. The van der Waals surface area contributed by atoms with Crippen LogP contribution in [0.5, 0.6) is 0 Å². The smallest absolute Gasteiger partial charge is 0.308 e. The third-order valence-electron chi connectivity index (χ3n) is 12.4. The van der Waals surface area contributed by atoms with Gasteiger partial charge >= 0.3 is 18.5 Å². The van der Waals surface area contributed by atoms with Gasteiger partial charge in [0.1, 0.15) is 0 Å². The van der Waals surface area contributed by atoms with E-state index in [4.69, 9.17) is 0 Å². The zero-order chi connectivity index (χ0) is 47.3. The van der Waals surface area contributed by atoms with E-state index in [9.17, 15) is 44.8 Å². The van der Waals surface area contributed by atoms with Crippen molar-refractivity contribution < 1.29 is 39.5 Å². The van der Waals surface area contributed by atoms with Crippen LogP contribution in [0, 0.1) is 32.1 Å². The summed E-state index contributed by atoms with van der Waals surface area (Å²) >= 11 is 0. The van der Waals surface area contributed by atoms with Gasteiger partial charge in [0, 0.05) is 27.1 Å². The summed E-state index contributed by atoms with van der Waals surface area (Å²) in [4.78, 5) is 0. The Morgan fingerprint density at radius 2 is 0.836 bits per heavy atom. The summed E-state index contributed by atoms with van der Waals surface area (Å²) in [5.74, 6) is 0. The zero-order valence-corrected chi connectivity index (χ0v) is 35.7. The van der Waals surface area contributed by atoms with Crippen LogP contribution in [0.3, 0.4) is 0 Å². The van der Waals surface area contributed by atoms with Gasteiger partial charge in [-0.05, 0) is 138 Å². The Bertz CT molecular complexity index is 3510. The fraction of sp³-hybridized carbons (Fsp3) is 0.109. The number of halogens is 9. The summed E-state index contributed by atoms with van der Waals surface area (Å²) in [5.41, 5.74) is 4.23. The molecule has 10 aromatic rings. The molecular weight excluding hydrogens is 874 g/mol. The molecule has 0 radical (unpaired) electrons. The Kier molecular flexibility index (Phi) is 9.92. The molecule has 8 aromatic carbocycles.